The normalized spacial score (nSPS) is 10.5. The Morgan fingerprint density at radius 3 is 2.48 bits per heavy atom. The van der Waals surface area contributed by atoms with Gasteiger partial charge in [0.2, 0.25) is 11.7 Å². The van der Waals surface area contributed by atoms with Crippen molar-refractivity contribution < 1.29 is 28.7 Å². The molecule has 2 rings (SSSR count). The van der Waals surface area contributed by atoms with Crippen LogP contribution >= 0.6 is 11.3 Å². The lowest BCUT2D eigenvalue weighted by Crippen LogP contribution is -2.22. The highest BCUT2D eigenvalue weighted by atomic mass is 32.1. The van der Waals surface area contributed by atoms with E-state index in [1.807, 2.05) is 6.07 Å². The number of Topliss-reactive ketones (excluding diaryl/α,β-unsaturated/α-hetero) is 1. The van der Waals surface area contributed by atoms with E-state index in [-0.39, 0.29) is 24.0 Å². The number of carbonyl (C=O) groups is 4. The molecule has 2 heterocycles. The molecule has 0 spiro atoms. The summed E-state index contributed by atoms with van der Waals surface area (Å²) < 4.78 is 10.1. The number of aromatic nitrogens is 1. The number of aryl methyl sites for hydroxylation is 1. The number of hydrogen-bond donors (Lipinski definition) is 2. The summed E-state index contributed by atoms with van der Waals surface area (Å²) in [6.45, 7) is 6.74. The zero-order valence-electron chi connectivity index (χ0n) is 16.8. The lowest BCUT2D eigenvalue weighted by Gasteiger charge is -2.04. The summed E-state index contributed by atoms with van der Waals surface area (Å²) in [7, 11) is 0. The van der Waals surface area contributed by atoms with Crippen LogP contribution in [-0.2, 0) is 20.7 Å². The standard InChI is InChI=1S/C20H24N2O6S/c1-5-27-19(25)17-11(2)18(22-12(17)3)20(26)28-10-15(24)16-7-6-14(29-16)8-9-21-13(4)23/h6-7,22H,5,8-10H2,1-4H3,(H,21,23). The Kier molecular flexibility index (Phi) is 7.72. The van der Waals surface area contributed by atoms with Crippen molar-refractivity contribution in [2.75, 3.05) is 19.8 Å². The largest absolute Gasteiger partial charge is 0.462 e. The molecule has 2 aromatic heterocycles. The molecule has 0 bridgehead atoms. The minimum atomic E-state index is -0.711. The molecule has 0 aliphatic carbocycles. The van der Waals surface area contributed by atoms with Crippen molar-refractivity contribution in [1.82, 2.24) is 10.3 Å². The first-order valence-electron chi connectivity index (χ1n) is 9.14. The third-order valence-corrected chi connectivity index (χ3v) is 5.32. The van der Waals surface area contributed by atoms with Crippen molar-refractivity contribution in [3.63, 3.8) is 0 Å². The van der Waals surface area contributed by atoms with Gasteiger partial charge >= 0.3 is 11.9 Å². The number of H-pyrrole nitrogens is 1. The Morgan fingerprint density at radius 2 is 1.83 bits per heavy atom. The van der Waals surface area contributed by atoms with Gasteiger partial charge in [0, 0.05) is 24.0 Å². The van der Waals surface area contributed by atoms with Crippen LogP contribution in [0.15, 0.2) is 12.1 Å². The van der Waals surface area contributed by atoms with Crippen molar-refractivity contribution in [3.8, 4) is 0 Å². The second kappa shape index (κ2) is 10.0. The van der Waals surface area contributed by atoms with E-state index in [2.05, 4.69) is 10.3 Å². The number of carbonyl (C=O) groups excluding carboxylic acids is 4. The number of nitrogens with one attached hydrogen (secondary N) is 2. The maximum atomic E-state index is 12.4. The summed E-state index contributed by atoms with van der Waals surface area (Å²) >= 11 is 1.30. The van der Waals surface area contributed by atoms with Gasteiger partial charge in [-0.1, -0.05) is 0 Å². The second-order valence-electron chi connectivity index (χ2n) is 6.34. The van der Waals surface area contributed by atoms with E-state index < -0.39 is 18.5 Å². The summed E-state index contributed by atoms with van der Waals surface area (Å²) in [5, 5.41) is 2.70. The molecule has 29 heavy (non-hydrogen) atoms. The summed E-state index contributed by atoms with van der Waals surface area (Å²) in [6, 6.07) is 3.48. The molecule has 0 aromatic carbocycles. The first-order valence-corrected chi connectivity index (χ1v) is 9.96. The fourth-order valence-electron chi connectivity index (χ4n) is 2.76. The molecule has 1 amide bonds. The fraction of sp³-hybridized carbons (Fsp3) is 0.400. The van der Waals surface area contributed by atoms with Crippen LogP contribution in [0.4, 0.5) is 0 Å². The zero-order valence-corrected chi connectivity index (χ0v) is 17.7. The highest BCUT2D eigenvalue weighted by Gasteiger charge is 2.24. The maximum Gasteiger partial charge on any atom is 0.355 e. The van der Waals surface area contributed by atoms with Gasteiger partial charge in [0.1, 0.15) is 5.69 Å². The smallest absolute Gasteiger partial charge is 0.355 e. The van der Waals surface area contributed by atoms with Gasteiger partial charge in [-0.25, -0.2) is 9.59 Å². The van der Waals surface area contributed by atoms with Crippen LogP contribution < -0.4 is 5.32 Å². The third-order valence-electron chi connectivity index (χ3n) is 4.14. The Balaban J connectivity index is 1.96. The highest BCUT2D eigenvalue weighted by molar-refractivity contribution is 7.14. The minimum Gasteiger partial charge on any atom is -0.462 e. The Labute approximate surface area is 172 Å². The van der Waals surface area contributed by atoms with Crippen molar-refractivity contribution in [1.29, 1.82) is 0 Å². The topological polar surface area (TPSA) is 115 Å². The molecule has 0 aliphatic heterocycles. The molecule has 0 unspecified atom stereocenters. The van der Waals surface area contributed by atoms with Crippen molar-refractivity contribution >= 4 is 35.0 Å². The SMILES string of the molecule is CCOC(=O)c1c(C)[nH]c(C(=O)OCC(=O)c2ccc(CCNC(C)=O)s2)c1C. The van der Waals surface area contributed by atoms with E-state index in [0.717, 1.165) is 4.88 Å². The molecule has 156 valence electrons. The number of ketones is 1. The predicted molar refractivity (Wildman–Crippen MR) is 108 cm³/mol. The number of rotatable bonds is 9. The first-order chi connectivity index (χ1) is 13.7. The summed E-state index contributed by atoms with van der Waals surface area (Å²) in [5.74, 6) is -1.65. The Hall–Kier alpha value is -2.94. The Bertz CT molecular complexity index is 928. The summed E-state index contributed by atoms with van der Waals surface area (Å²) in [4.78, 5) is 51.8. The molecule has 0 fully saturated rings. The van der Waals surface area contributed by atoms with E-state index in [9.17, 15) is 19.2 Å². The first kappa shape index (κ1) is 22.4. The average Bonchev–Trinajstić information content (AvgIpc) is 3.24. The molecule has 2 aromatic rings. The second-order valence-corrected chi connectivity index (χ2v) is 7.51. The van der Waals surface area contributed by atoms with Gasteiger partial charge in [-0.05, 0) is 44.9 Å². The fourth-order valence-corrected chi connectivity index (χ4v) is 3.69. The molecule has 0 aliphatic rings. The van der Waals surface area contributed by atoms with Gasteiger partial charge < -0.3 is 19.8 Å². The molecule has 2 N–H and O–H groups in total. The van der Waals surface area contributed by atoms with Crippen LogP contribution in [-0.4, -0.2) is 48.4 Å². The molecule has 0 atom stereocenters. The van der Waals surface area contributed by atoms with E-state index in [0.29, 0.717) is 34.7 Å². The predicted octanol–water partition coefficient (Wildman–Crippen LogP) is 2.59. The van der Waals surface area contributed by atoms with Crippen molar-refractivity contribution in [3.05, 3.63) is 44.4 Å². The third kappa shape index (κ3) is 5.77. The lowest BCUT2D eigenvalue weighted by molar-refractivity contribution is -0.118. The van der Waals surface area contributed by atoms with Crippen molar-refractivity contribution in [2.45, 2.75) is 34.1 Å². The van der Waals surface area contributed by atoms with Gasteiger partial charge in [0.25, 0.3) is 0 Å². The van der Waals surface area contributed by atoms with Gasteiger partial charge in [-0.2, -0.15) is 0 Å². The molecular weight excluding hydrogens is 396 g/mol. The minimum absolute atomic E-state index is 0.106. The molecule has 8 nitrogen and oxygen atoms in total. The number of hydrogen-bond acceptors (Lipinski definition) is 7. The molecule has 9 heteroatoms. The van der Waals surface area contributed by atoms with Crippen LogP contribution in [0.1, 0.15) is 60.5 Å². The van der Waals surface area contributed by atoms with Crippen LogP contribution in [0.5, 0.6) is 0 Å². The summed E-state index contributed by atoms with van der Waals surface area (Å²) in [6.07, 6.45) is 0.620. The van der Waals surface area contributed by atoms with Gasteiger partial charge in [0.05, 0.1) is 17.0 Å². The van der Waals surface area contributed by atoms with Gasteiger partial charge in [0.15, 0.2) is 6.61 Å². The molecule has 0 radical (unpaired) electrons. The van der Waals surface area contributed by atoms with Crippen LogP contribution in [0.3, 0.4) is 0 Å². The number of amides is 1. The quantitative estimate of drug-likeness (QED) is 0.476. The zero-order chi connectivity index (χ0) is 21.6. The van der Waals surface area contributed by atoms with Crippen LogP contribution in [0.2, 0.25) is 0 Å². The van der Waals surface area contributed by atoms with E-state index in [4.69, 9.17) is 9.47 Å². The van der Waals surface area contributed by atoms with Gasteiger partial charge in [-0.3, -0.25) is 9.59 Å². The average molecular weight is 420 g/mol. The molecule has 0 saturated heterocycles. The maximum absolute atomic E-state index is 12.4. The number of thiophene rings is 1. The van der Waals surface area contributed by atoms with E-state index in [1.54, 1.807) is 26.8 Å². The van der Waals surface area contributed by atoms with E-state index in [1.165, 1.54) is 18.3 Å². The van der Waals surface area contributed by atoms with Crippen molar-refractivity contribution in [2.24, 2.45) is 0 Å². The number of aromatic amines is 1. The van der Waals surface area contributed by atoms with Crippen LogP contribution in [0.25, 0.3) is 0 Å². The molecular formula is C20H24N2O6S. The summed E-state index contributed by atoms with van der Waals surface area (Å²) in [5.41, 5.74) is 1.35. The number of ether oxygens (including phenoxy) is 2. The highest BCUT2D eigenvalue weighted by Crippen LogP contribution is 2.21. The molecule has 0 saturated carbocycles. The number of esters is 2. The van der Waals surface area contributed by atoms with Crippen LogP contribution in [0, 0.1) is 13.8 Å². The van der Waals surface area contributed by atoms with Gasteiger partial charge in [-0.15, -0.1) is 11.3 Å². The monoisotopic (exact) mass is 420 g/mol. The lowest BCUT2D eigenvalue weighted by atomic mass is 10.1. The van der Waals surface area contributed by atoms with E-state index >= 15 is 0 Å². The Morgan fingerprint density at radius 1 is 1.10 bits per heavy atom.